The second-order valence-corrected chi connectivity index (χ2v) is 6.06. The molecular weight excluding hydrogens is 366 g/mol. The Morgan fingerprint density at radius 1 is 1.12 bits per heavy atom. The maximum absolute atomic E-state index is 5.36. The van der Waals surface area contributed by atoms with Crippen molar-refractivity contribution in [1.29, 1.82) is 0 Å². The summed E-state index contributed by atoms with van der Waals surface area (Å²) >= 11 is 1.65. The fourth-order valence-corrected chi connectivity index (χ4v) is 2.96. The number of hydrogen-bond donors (Lipinski definition) is 1. The van der Waals surface area contributed by atoms with Crippen molar-refractivity contribution in [3.63, 3.8) is 0 Å². The van der Waals surface area contributed by atoms with Crippen LogP contribution in [0.3, 0.4) is 0 Å². The molecule has 0 amide bonds. The van der Waals surface area contributed by atoms with Crippen LogP contribution in [0.4, 0.5) is 0 Å². The SMILES string of the molecule is COc1cc(CNCCCSc2nnnn2C)cc(OC)c1OC.[Cl-]. The van der Waals surface area contributed by atoms with E-state index in [1.165, 1.54) is 0 Å². The number of nitrogens with zero attached hydrogens (tertiary/aromatic N) is 4. The van der Waals surface area contributed by atoms with Gasteiger partial charge in [-0.1, -0.05) is 11.8 Å². The molecule has 0 saturated heterocycles. The molecule has 1 aromatic heterocycles. The van der Waals surface area contributed by atoms with Crippen molar-refractivity contribution in [3.05, 3.63) is 17.7 Å². The molecule has 1 aromatic carbocycles. The summed E-state index contributed by atoms with van der Waals surface area (Å²) in [6.07, 6.45) is 1.02. The topological polar surface area (TPSA) is 83.3 Å². The molecule has 1 heterocycles. The van der Waals surface area contributed by atoms with Crippen LogP contribution in [0.25, 0.3) is 0 Å². The van der Waals surface area contributed by atoms with E-state index in [1.54, 1.807) is 37.8 Å². The van der Waals surface area contributed by atoms with Gasteiger partial charge in [-0.3, -0.25) is 0 Å². The Morgan fingerprint density at radius 3 is 2.32 bits per heavy atom. The van der Waals surface area contributed by atoms with Crippen LogP contribution < -0.4 is 31.9 Å². The lowest BCUT2D eigenvalue weighted by molar-refractivity contribution is -0.00000601. The van der Waals surface area contributed by atoms with Gasteiger partial charge in [-0.15, -0.1) is 5.10 Å². The molecule has 8 nitrogen and oxygen atoms in total. The van der Waals surface area contributed by atoms with E-state index in [9.17, 15) is 0 Å². The van der Waals surface area contributed by atoms with Gasteiger partial charge >= 0.3 is 0 Å². The Kier molecular flexibility index (Phi) is 9.40. The summed E-state index contributed by atoms with van der Waals surface area (Å²) in [5.41, 5.74) is 1.08. The van der Waals surface area contributed by atoms with Gasteiger partial charge in [0.15, 0.2) is 11.5 Å². The van der Waals surface area contributed by atoms with Gasteiger partial charge in [0.2, 0.25) is 10.9 Å². The van der Waals surface area contributed by atoms with Gasteiger partial charge < -0.3 is 31.9 Å². The summed E-state index contributed by atoms with van der Waals surface area (Å²) in [6.45, 7) is 1.63. The molecule has 2 aromatic rings. The Labute approximate surface area is 158 Å². The zero-order valence-electron chi connectivity index (χ0n) is 14.8. The molecule has 0 aliphatic heterocycles. The minimum absolute atomic E-state index is 0. The van der Waals surface area contributed by atoms with Gasteiger partial charge in [0.25, 0.3) is 0 Å². The van der Waals surface area contributed by atoms with Gasteiger partial charge in [0.1, 0.15) is 0 Å². The first kappa shape index (κ1) is 21.3. The van der Waals surface area contributed by atoms with Crippen molar-refractivity contribution >= 4 is 11.8 Å². The summed E-state index contributed by atoms with van der Waals surface area (Å²) < 4.78 is 17.7. The van der Waals surface area contributed by atoms with Crippen molar-refractivity contribution in [3.8, 4) is 17.2 Å². The van der Waals surface area contributed by atoms with Crippen LogP contribution in [0.2, 0.25) is 0 Å². The number of hydrogen-bond acceptors (Lipinski definition) is 8. The summed E-state index contributed by atoms with van der Waals surface area (Å²) in [4.78, 5) is 0. The molecule has 140 valence electrons. The number of aromatic nitrogens is 4. The van der Waals surface area contributed by atoms with E-state index in [-0.39, 0.29) is 12.4 Å². The number of rotatable bonds is 10. The number of halogens is 1. The molecule has 0 unspecified atom stereocenters. The molecule has 25 heavy (non-hydrogen) atoms. The third-order valence-corrected chi connectivity index (χ3v) is 4.46. The van der Waals surface area contributed by atoms with E-state index >= 15 is 0 Å². The fourth-order valence-electron chi connectivity index (χ4n) is 2.17. The second kappa shape index (κ2) is 11.0. The van der Waals surface area contributed by atoms with Crippen LogP contribution in [-0.2, 0) is 13.6 Å². The first-order valence-electron chi connectivity index (χ1n) is 7.54. The molecule has 10 heteroatoms. The first-order chi connectivity index (χ1) is 11.7. The standard InChI is InChI=1S/C15H23N5O3S.ClH/c1-20-15(17-18-19-20)24-7-5-6-16-10-11-8-12(21-2)14(23-4)13(9-11)22-3;/h8-9,16H,5-7,10H2,1-4H3;1H/p-1. The number of methoxy groups -OCH3 is 3. The Morgan fingerprint density at radius 2 is 1.80 bits per heavy atom. The molecule has 0 fully saturated rings. The van der Waals surface area contributed by atoms with E-state index in [2.05, 4.69) is 20.8 Å². The van der Waals surface area contributed by atoms with Crippen molar-refractivity contribution in [1.82, 2.24) is 25.5 Å². The van der Waals surface area contributed by atoms with Gasteiger partial charge in [-0.25, -0.2) is 4.68 Å². The molecule has 0 bridgehead atoms. The van der Waals surface area contributed by atoms with E-state index in [4.69, 9.17) is 14.2 Å². The highest BCUT2D eigenvalue weighted by molar-refractivity contribution is 7.99. The van der Waals surface area contributed by atoms with Crippen LogP contribution in [0.15, 0.2) is 17.3 Å². The summed E-state index contributed by atoms with van der Waals surface area (Å²) in [7, 11) is 6.67. The highest BCUT2D eigenvalue weighted by Gasteiger charge is 2.12. The third-order valence-electron chi connectivity index (χ3n) is 3.36. The number of tetrazole rings is 1. The van der Waals surface area contributed by atoms with Gasteiger partial charge in [0.05, 0.1) is 21.3 Å². The zero-order valence-corrected chi connectivity index (χ0v) is 16.4. The van der Waals surface area contributed by atoms with Crippen LogP contribution in [0.5, 0.6) is 17.2 Å². The molecule has 2 rings (SSSR count). The smallest absolute Gasteiger partial charge is 0.209 e. The van der Waals surface area contributed by atoms with Crippen molar-refractivity contribution in [2.45, 2.75) is 18.1 Å². The normalized spacial score (nSPS) is 10.2. The molecule has 0 aliphatic rings. The quantitative estimate of drug-likeness (QED) is 0.389. The van der Waals surface area contributed by atoms with Crippen LogP contribution in [0.1, 0.15) is 12.0 Å². The molecule has 0 saturated carbocycles. The molecule has 0 aliphatic carbocycles. The number of aryl methyl sites for hydroxylation is 1. The molecule has 0 radical (unpaired) electrons. The lowest BCUT2D eigenvalue weighted by Gasteiger charge is -2.14. The van der Waals surface area contributed by atoms with E-state index in [0.29, 0.717) is 17.2 Å². The highest BCUT2D eigenvalue weighted by atomic mass is 35.5. The van der Waals surface area contributed by atoms with Crippen LogP contribution in [0, 0.1) is 0 Å². The summed E-state index contributed by atoms with van der Waals surface area (Å²) in [5, 5.41) is 15.6. The first-order valence-corrected chi connectivity index (χ1v) is 8.53. The monoisotopic (exact) mass is 388 g/mol. The van der Waals surface area contributed by atoms with Crippen LogP contribution in [-0.4, -0.2) is 53.8 Å². The fraction of sp³-hybridized carbons (Fsp3) is 0.533. The Hall–Kier alpha value is -1.71. The summed E-state index contributed by atoms with van der Waals surface area (Å²) in [5.74, 6) is 2.90. The predicted molar refractivity (Wildman–Crippen MR) is 91.9 cm³/mol. The number of benzene rings is 1. The van der Waals surface area contributed by atoms with Gasteiger partial charge in [-0.2, -0.15) is 0 Å². The number of nitrogens with one attached hydrogen (secondary N) is 1. The molecule has 0 atom stereocenters. The number of ether oxygens (including phenoxy) is 3. The minimum Gasteiger partial charge on any atom is -1.00 e. The van der Waals surface area contributed by atoms with Crippen LogP contribution >= 0.6 is 11.8 Å². The Balaban J connectivity index is 0.00000312. The minimum atomic E-state index is 0. The largest absolute Gasteiger partial charge is 1.00 e. The third kappa shape index (κ3) is 5.94. The lowest BCUT2D eigenvalue weighted by Crippen LogP contribution is -3.00. The van der Waals surface area contributed by atoms with E-state index in [0.717, 1.165) is 36.0 Å². The Bertz CT molecular complexity index is 631. The highest BCUT2D eigenvalue weighted by Crippen LogP contribution is 2.38. The van der Waals surface area contributed by atoms with Crippen molar-refractivity contribution < 1.29 is 26.6 Å². The lowest BCUT2D eigenvalue weighted by atomic mass is 10.1. The molecule has 1 N–H and O–H groups in total. The predicted octanol–water partition coefficient (Wildman–Crippen LogP) is -1.49. The van der Waals surface area contributed by atoms with Crippen molar-refractivity contribution in [2.24, 2.45) is 7.05 Å². The van der Waals surface area contributed by atoms with Gasteiger partial charge in [-0.05, 0) is 41.1 Å². The maximum Gasteiger partial charge on any atom is 0.209 e. The average molecular weight is 389 g/mol. The maximum atomic E-state index is 5.36. The zero-order chi connectivity index (χ0) is 17.4. The average Bonchev–Trinajstić information content (AvgIpc) is 3.01. The van der Waals surface area contributed by atoms with E-state index < -0.39 is 0 Å². The molecule has 0 spiro atoms. The second-order valence-electron chi connectivity index (χ2n) is 5.00. The molecular formula is C15H23ClN5O3S-. The van der Waals surface area contributed by atoms with E-state index in [1.807, 2.05) is 19.2 Å². The summed E-state index contributed by atoms with van der Waals surface area (Å²) in [6, 6.07) is 3.91. The van der Waals surface area contributed by atoms with Gasteiger partial charge in [0, 0.05) is 19.3 Å². The van der Waals surface area contributed by atoms with Crippen molar-refractivity contribution in [2.75, 3.05) is 33.6 Å². The number of thioether (sulfide) groups is 1.